The third kappa shape index (κ3) is 3.20. The molecule has 4 aromatic heterocycles. The van der Waals surface area contributed by atoms with Crippen LogP contribution in [-0.4, -0.2) is 39.4 Å². The Labute approximate surface area is 195 Å². The molecule has 1 aromatic carbocycles. The molecule has 0 aliphatic heterocycles. The number of nitrogens with zero attached hydrogens (tertiary/aromatic N) is 6. The number of hydrogen-bond acceptors (Lipinski definition) is 10. The van der Waals surface area contributed by atoms with Crippen molar-refractivity contribution in [3.8, 4) is 11.8 Å². The fraction of sp³-hybridized carbons (Fsp3) is 0.158. The largest absolute Gasteiger partial charge is 0.493 e. The molecule has 0 saturated heterocycles. The average Bonchev–Trinajstić information content (AvgIpc) is 3.29. The lowest BCUT2D eigenvalue weighted by atomic mass is 9.87. The summed E-state index contributed by atoms with van der Waals surface area (Å²) in [5.74, 6) is -2.27. The van der Waals surface area contributed by atoms with Gasteiger partial charge in [0.2, 0.25) is 21.7 Å². The Balaban J connectivity index is 1.90. The maximum absolute atomic E-state index is 13.4. The zero-order valence-corrected chi connectivity index (χ0v) is 19.7. The van der Waals surface area contributed by atoms with E-state index in [2.05, 4.69) is 36.1 Å². The van der Waals surface area contributed by atoms with E-state index in [4.69, 9.17) is 0 Å². The highest BCUT2D eigenvalue weighted by Gasteiger charge is 2.32. The normalized spacial score (nSPS) is 11.8. The summed E-state index contributed by atoms with van der Waals surface area (Å²) in [6, 6.07) is 6.80. The topological polar surface area (TPSA) is 135 Å². The van der Waals surface area contributed by atoms with E-state index in [1.807, 2.05) is 0 Å². The van der Waals surface area contributed by atoms with Crippen molar-refractivity contribution in [2.24, 2.45) is 0 Å². The molecule has 10 nitrogen and oxygen atoms in total. The summed E-state index contributed by atoms with van der Waals surface area (Å²) in [6.45, 7) is 3.42. The van der Waals surface area contributed by atoms with Crippen LogP contribution in [0.3, 0.4) is 0 Å². The van der Waals surface area contributed by atoms with Gasteiger partial charge in [-0.1, -0.05) is 50.7 Å². The van der Waals surface area contributed by atoms with Crippen LogP contribution in [0.25, 0.3) is 9.92 Å². The van der Waals surface area contributed by atoms with E-state index >= 15 is 0 Å². The summed E-state index contributed by atoms with van der Waals surface area (Å²) in [4.78, 5) is 35.4. The minimum absolute atomic E-state index is 0.198. The molecule has 0 saturated carbocycles. The molecule has 0 aliphatic rings. The molecule has 32 heavy (non-hydrogen) atoms. The molecule has 0 unspecified atom stereocenters. The third-order valence-corrected chi connectivity index (χ3v) is 7.01. The Morgan fingerprint density at radius 1 is 0.844 bits per heavy atom. The maximum atomic E-state index is 13.4. The van der Waals surface area contributed by atoms with Gasteiger partial charge in [-0.25, -0.2) is 0 Å². The number of halogens is 1. The molecule has 162 valence electrons. The first-order valence-corrected chi connectivity index (χ1v) is 11.6. The van der Waals surface area contributed by atoms with Crippen molar-refractivity contribution in [1.82, 2.24) is 29.2 Å². The van der Waals surface area contributed by atoms with Gasteiger partial charge in [0, 0.05) is 4.47 Å². The van der Waals surface area contributed by atoms with Crippen molar-refractivity contribution in [2.45, 2.75) is 19.8 Å². The molecular weight excluding hydrogens is 520 g/mol. The van der Waals surface area contributed by atoms with E-state index in [-0.39, 0.29) is 21.0 Å². The van der Waals surface area contributed by atoms with E-state index < -0.39 is 28.8 Å². The first kappa shape index (κ1) is 20.7. The predicted octanol–water partition coefficient (Wildman–Crippen LogP) is 2.59. The van der Waals surface area contributed by atoms with Crippen LogP contribution >= 0.6 is 38.6 Å². The van der Waals surface area contributed by atoms with Crippen LogP contribution in [0.15, 0.2) is 38.3 Å². The Kier molecular flexibility index (Phi) is 4.83. The van der Waals surface area contributed by atoms with Gasteiger partial charge >= 0.3 is 0 Å². The van der Waals surface area contributed by atoms with E-state index in [0.29, 0.717) is 15.6 Å². The number of aromatic hydroxyl groups is 2. The van der Waals surface area contributed by atoms with E-state index in [9.17, 15) is 19.8 Å². The van der Waals surface area contributed by atoms with Gasteiger partial charge in [0.05, 0.1) is 17.0 Å². The van der Waals surface area contributed by atoms with Crippen LogP contribution in [0.5, 0.6) is 11.8 Å². The molecule has 2 N–H and O–H groups in total. The second-order valence-electron chi connectivity index (χ2n) is 6.92. The van der Waals surface area contributed by atoms with Gasteiger partial charge in [0.15, 0.2) is 0 Å². The Morgan fingerprint density at radius 3 is 1.72 bits per heavy atom. The molecule has 0 atom stereocenters. The van der Waals surface area contributed by atoms with Crippen LogP contribution in [0.2, 0.25) is 0 Å². The highest BCUT2D eigenvalue weighted by molar-refractivity contribution is 9.10. The molecule has 0 amide bonds. The molecular formula is C19H13BrN6O4S2. The Hall–Kier alpha value is -3.16. The fourth-order valence-electron chi connectivity index (χ4n) is 3.52. The summed E-state index contributed by atoms with van der Waals surface area (Å²) in [7, 11) is 0. The Morgan fingerprint density at radius 2 is 1.28 bits per heavy atom. The molecule has 5 aromatic rings. The lowest BCUT2D eigenvalue weighted by Crippen LogP contribution is -2.29. The standard InChI is InChI=1S/C19H13BrN6O4S2/c1-7-23-25-16(29)12(14(27)21-18(25)31-7)11(9-3-5-10(20)6-4-9)13-15(28)22-19-26(17(13)30)24-8(2)32-19/h3-6,11,27-28H,1-2H3. The molecule has 0 radical (unpaired) electrons. The lowest BCUT2D eigenvalue weighted by Gasteiger charge is -2.18. The van der Waals surface area contributed by atoms with Gasteiger partial charge in [-0.15, -0.1) is 0 Å². The Bertz CT molecular complexity index is 1540. The van der Waals surface area contributed by atoms with Gasteiger partial charge in [-0.05, 0) is 31.5 Å². The van der Waals surface area contributed by atoms with E-state index in [0.717, 1.165) is 36.2 Å². The number of fused-ring (bicyclic) bond motifs is 2. The van der Waals surface area contributed by atoms with Crippen LogP contribution in [0.4, 0.5) is 0 Å². The zero-order valence-electron chi connectivity index (χ0n) is 16.5. The van der Waals surface area contributed by atoms with Crippen molar-refractivity contribution in [2.75, 3.05) is 0 Å². The minimum atomic E-state index is -1.17. The first-order valence-electron chi connectivity index (χ1n) is 9.18. The number of aryl methyl sites for hydroxylation is 2. The summed E-state index contributed by atoms with van der Waals surface area (Å²) in [5.41, 5.74) is -1.23. The number of benzene rings is 1. The first-order chi connectivity index (χ1) is 15.2. The van der Waals surface area contributed by atoms with Crippen molar-refractivity contribution < 1.29 is 10.2 Å². The van der Waals surface area contributed by atoms with Gasteiger partial charge in [-0.3, -0.25) is 9.59 Å². The third-order valence-electron chi connectivity index (χ3n) is 4.83. The van der Waals surface area contributed by atoms with Gasteiger partial charge in [-0.2, -0.15) is 29.2 Å². The summed E-state index contributed by atoms with van der Waals surface area (Å²) >= 11 is 5.65. The molecule has 0 fully saturated rings. The maximum Gasteiger partial charge on any atom is 0.283 e. The monoisotopic (exact) mass is 532 g/mol. The second-order valence-corrected chi connectivity index (χ2v) is 10.2. The summed E-state index contributed by atoms with van der Waals surface area (Å²) in [5, 5.41) is 31.0. The van der Waals surface area contributed by atoms with Gasteiger partial charge < -0.3 is 10.2 Å². The van der Waals surface area contributed by atoms with Crippen LogP contribution in [-0.2, 0) is 0 Å². The minimum Gasteiger partial charge on any atom is -0.493 e. The molecule has 0 bridgehead atoms. The molecule has 13 heteroatoms. The van der Waals surface area contributed by atoms with Crippen molar-refractivity contribution in [1.29, 1.82) is 0 Å². The quantitative estimate of drug-likeness (QED) is 0.362. The second kappa shape index (κ2) is 7.46. The molecule has 0 spiro atoms. The zero-order chi connectivity index (χ0) is 22.7. The van der Waals surface area contributed by atoms with Crippen LogP contribution in [0, 0.1) is 13.8 Å². The van der Waals surface area contributed by atoms with E-state index in [1.165, 1.54) is 0 Å². The van der Waals surface area contributed by atoms with Crippen LogP contribution < -0.4 is 11.1 Å². The molecule has 4 heterocycles. The van der Waals surface area contributed by atoms with Gasteiger partial charge in [0.25, 0.3) is 11.1 Å². The average molecular weight is 533 g/mol. The van der Waals surface area contributed by atoms with E-state index in [1.54, 1.807) is 38.1 Å². The number of hydrogen-bond donors (Lipinski definition) is 2. The molecule has 0 aliphatic carbocycles. The van der Waals surface area contributed by atoms with Gasteiger partial charge in [0.1, 0.15) is 10.0 Å². The smallest absolute Gasteiger partial charge is 0.283 e. The fourth-order valence-corrected chi connectivity index (χ4v) is 5.25. The number of rotatable bonds is 3. The molecule has 5 rings (SSSR count). The SMILES string of the molecule is Cc1nn2c(=O)c(C(c3ccc(Br)cc3)c3c(O)nc4sc(C)nn4c3=O)c(O)nc2s1. The highest BCUT2D eigenvalue weighted by Crippen LogP contribution is 2.37. The number of aromatic nitrogens is 6. The lowest BCUT2D eigenvalue weighted by molar-refractivity contribution is 0.433. The van der Waals surface area contributed by atoms with Crippen molar-refractivity contribution >= 4 is 48.5 Å². The predicted molar refractivity (Wildman–Crippen MR) is 122 cm³/mol. The van der Waals surface area contributed by atoms with Crippen molar-refractivity contribution in [3.63, 3.8) is 0 Å². The highest BCUT2D eigenvalue weighted by atomic mass is 79.9. The summed E-state index contributed by atoms with van der Waals surface area (Å²) < 4.78 is 2.93. The summed E-state index contributed by atoms with van der Waals surface area (Å²) in [6.07, 6.45) is 0. The van der Waals surface area contributed by atoms with Crippen molar-refractivity contribution in [3.05, 3.63) is 76.2 Å². The van der Waals surface area contributed by atoms with Crippen LogP contribution in [0.1, 0.15) is 32.6 Å².